The molecule has 5 nitrogen and oxygen atoms in total. The minimum atomic E-state index is -0.486. The minimum absolute atomic E-state index is 0.0530. The molecule has 158 valence electrons. The van der Waals surface area contributed by atoms with Gasteiger partial charge in [0.15, 0.2) is 0 Å². The number of carbonyl (C=O) groups excluding carboxylic acids is 2. The Balaban J connectivity index is 1.35. The summed E-state index contributed by atoms with van der Waals surface area (Å²) >= 11 is 0. The van der Waals surface area contributed by atoms with E-state index in [4.69, 9.17) is 4.74 Å². The molecule has 0 saturated carbocycles. The number of nitrogens with zero attached hydrogens (tertiary/aromatic N) is 2. The number of ether oxygens (including phenoxy) is 1. The maximum absolute atomic E-state index is 14.0. The number of hydrogen-bond acceptors (Lipinski definition) is 3. The molecule has 2 saturated heterocycles. The molecule has 2 heterocycles. The van der Waals surface area contributed by atoms with E-state index in [2.05, 4.69) is 0 Å². The second-order valence-electron chi connectivity index (χ2n) is 8.08. The van der Waals surface area contributed by atoms with E-state index in [1.54, 1.807) is 23.1 Å². The lowest BCUT2D eigenvalue weighted by Crippen LogP contribution is -2.41. The first-order valence-electron chi connectivity index (χ1n) is 10.7. The van der Waals surface area contributed by atoms with Gasteiger partial charge in [-0.05, 0) is 56.0 Å². The molecular weight excluding hydrogens is 383 g/mol. The van der Waals surface area contributed by atoms with Crippen molar-refractivity contribution in [1.82, 2.24) is 9.80 Å². The predicted molar refractivity (Wildman–Crippen MR) is 112 cm³/mol. The van der Waals surface area contributed by atoms with E-state index in [0.29, 0.717) is 31.0 Å². The van der Waals surface area contributed by atoms with Gasteiger partial charge in [-0.3, -0.25) is 9.59 Å². The third kappa shape index (κ3) is 4.64. The summed E-state index contributed by atoms with van der Waals surface area (Å²) in [5, 5.41) is 0. The summed E-state index contributed by atoms with van der Waals surface area (Å²) < 4.78 is 19.9. The third-order valence-corrected chi connectivity index (χ3v) is 5.87. The Labute approximate surface area is 176 Å². The molecule has 0 aromatic heterocycles. The molecule has 0 aliphatic carbocycles. The quantitative estimate of drug-likeness (QED) is 0.749. The molecule has 0 radical (unpaired) electrons. The molecule has 2 aromatic carbocycles. The molecule has 2 aliphatic heterocycles. The van der Waals surface area contributed by atoms with E-state index >= 15 is 0 Å². The number of rotatable bonds is 5. The van der Waals surface area contributed by atoms with Gasteiger partial charge in [-0.2, -0.15) is 0 Å². The Kier molecular flexibility index (Phi) is 6.31. The van der Waals surface area contributed by atoms with Crippen molar-refractivity contribution < 1.29 is 18.7 Å². The summed E-state index contributed by atoms with van der Waals surface area (Å²) in [6.07, 6.45) is 3.94. The summed E-state index contributed by atoms with van der Waals surface area (Å²) in [4.78, 5) is 28.9. The fraction of sp³-hybridized carbons (Fsp3) is 0.417. The molecule has 30 heavy (non-hydrogen) atoms. The predicted octanol–water partition coefficient (Wildman–Crippen LogP) is 3.99. The van der Waals surface area contributed by atoms with Gasteiger partial charge in [0.05, 0.1) is 12.2 Å². The van der Waals surface area contributed by atoms with Crippen LogP contribution in [0.4, 0.5) is 4.39 Å². The Bertz CT molecular complexity index is 911. The highest BCUT2D eigenvalue weighted by molar-refractivity contribution is 5.95. The van der Waals surface area contributed by atoms with E-state index in [1.165, 1.54) is 12.1 Å². The lowest BCUT2D eigenvalue weighted by Gasteiger charge is -2.32. The summed E-state index contributed by atoms with van der Waals surface area (Å²) in [7, 11) is 0. The third-order valence-electron chi connectivity index (χ3n) is 5.87. The van der Waals surface area contributed by atoms with Crippen molar-refractivity contribution in [3.05, 3.63) is 65.5 Å². The molecule has 0 bridgehead atoms. The van der Waals surface area contributed by atoms with Gasteiger partial charge in [-0.15, -0.1) is 0 Å². The number of carbonyl (C=O) groups is 2. The molecule has 0 unspecified atom stereocenters. The van der Waals surface area contributed by atoms with Crippen molar-refractivity contribution in [3.8, 4) is 5.75 Å². The van der Waals surface area contributed by atoms with E-state index in [9.17, 15) is 14.0 Å². The van der Waals surface area contributed by atoms with Crippen molar-refractivity contribution in [3.63, 3.8) is 0 Å². The maximum Gasteiger partial charge on any atom is 0.256 e. The molecular formula is C24H27FN2O3. The van der Waals surface area contributed by atoms with Crippen LogP contribution in [-0.4, -0.2) is 54.4 Å². The Morgan fingerprint density at radius 3 is 2.50 bits per heavy atom. The van der Waals surface area contributed by atoms with Crippen LogP contribution in [0.15, 0.2) is 48.5 Å². The number of likely N-dealkylation sites (tertiary alicyclic amines) is 2. The lowest BCUT2D eigenvalue weighted by atomic mass is 9.98. The fourth-order valence-electron chi connectivity index (χ4n) is 4.23. The number of amides is 2. The fourth-order valence-corrected chi connectivity index (χ4v) is 4.23. The van der Waals surface area contributed by atoms with E-state index in [1.807, 2.05) is 23.1 Å². The monoisotopic (exact) mass is 410 g/mol. The topological polar surface area (TPSA) is 49.9 Å². The zero-order valence-corrected chi connectivity index (χ0v) is 17.1. The largest absolute Gasteiger partial charge is 0.493 e. The van der Waals surface area contributed by atoms with Gasteiger partial charge in [0.25, 0.3) is 11.8 Å². The van der Waals surface area contributed by atoms with Crippen LogP contribution in [0.3, 0.4) is 0 Å². The first-order chi connectivity index (χ1) is 14.6. The number of benzene rings is 2. The summed E-state index contributed by atoms with van der Waals surface area (Å²) in [5.74, 6) is 0.138. The highest BCUT2D eigenvalue weighted by atomic mass is 19.1. The van der Waals surface area contributed by atoms with Crippen LogP contribution in [0, 0.1) is 11.7 Å². The van der Waals surface area contributed by atoms with Gasteiger partial charge in [-0.25, -0.2) is 4.39 Å². The Morgan fingerprint density at radius 2 is 1.70 bits per heavy atom. The second-order valence-corrected chi connectivity index (χ2v) is 8.08. The van der Waals surface area contributed by atoms with Crippen molar-refractivity contribution in [2.45, 2.75) is 25.7 Å². The normalized spacial score (nSPS) is 19.0. The maximum atomic E-state index is 14.0. The number of halogens is 1. The highest BCUT2D eigenvalue weighted by Gasteiger charge is 2.26. The molecule has 6 heteroatoms. The zero-order chi connectivity index (χ0) is 20.9. The summed E-state index contributed by atoms with van der Waals surface area (Å²) in [6.45, 7) is 3.27. The molecule has 2 amide bonds. The van der Waals surface area contributed by atoms with Crippen LogP contribution in [0.25, 0.3) is 0 Å². The first-order valence-corrected chi connectivity index (χ1v) is 10.7. The SMILES string of the molecule is O=C(c1cccc(OC[C@@H]2CCCN(C(=O)c3ccccc3F)C2)c1)N1CCCC1. The van der Waals surface area contributed by atoms with Crippen LogP contribution >= 0.6 is 0 Å². The molecule has 4 rings (SSSR count). The lowest BCUT2D eigenvalue weighted by molar-refractivity contribution is 0.0628. The van der Waals surface area contributed by atoms with Crippen LogP contribution in [0.1, 0.15) is 46.4 Å². The molecule has 2 aromatic rings. The van der Waals surface area contributed by atoms with Crippen LogP contribution in [0.2, 0.25) is 0 Å². The molecule has 0 spiro atoms. The summed E-state index contributed by atoms with van der Waals surface area (Å²) in [6, 6.07) is 13.4. The van der Waals surface area contributed by atoms with Gasteiger partial charge in [0.1, 0.15) is 11.6 Å². The van der Waals surface area contributed by atoms with Crippen molar-refractivity contribution in [2.75, 3.05) is 32.8 Å². The Hall–Kier alpha value is -2.89. The smallest absolute Gasteiger partial charge is 0.256 e. The van der Waals surface area contributed by atoms with Crippen LogP contribution in [-0.2, 0) is 0 Å². The minimum Gasteiger partial charge on any atom is -0.493 e. The average Bonchev–Trinajstić information content (AvgIpc) is 3.32. The Morgan fingerprint density at radius 1 is 0.933 bits per heavy atom. The van der Waals surface area contributed by atoms with Crippen molar-refractivity contribution in [2.24, 2.45) is 5.92 Å². The average molecular weight is 410 g/mol. The van der Waals surface area contributed by atoms with Gasteiger partial charge in [0.2, 0.25) is 0 Å². The van der Waals surface area contributed by atoms with Gasteiger partial charge >= 0.3 is 0 Å². The first kappa shape index (κ1) is 20.4. The van der Waals surface area contributed by atoms with Crippen molar-refractivity contribution in [1.29, 1.82) is 0 Å². The zero-order valence-electron chi connectivity index (χ0n) is 17.1. The molecule has 0 N–H and O–H groups in total. The van der Waals surface area contributed by atoms with Gasteiger partial charge in [0, 0.05) is 37.7 Å². The number of piperidine rings is 1. The van der Waals surface area contributed by atoms with Crippen LogP contribution < -0.4 is 4.74 Å². The molecule has 2 aliphatic rings. The van der Waals surface area contributed by atoms with E-state index < -0.39 is 5.82 Å². The van der Waals surface area contributed by atoms with E-state index in [0.717, 1.165) is 38.8 Å². The summed E-state index contributed by atoms with van der Waals surface area (Å²) in [5.41, 5.74) is 0.765. The molecule has 2 fully saturated rings. The van der Waals surface area contributed by atoms with Crippen LogP contribution in [0.5, 0.6) is 5.75 Å². The van der Waals surface area contributed by atoms with Gasteiger partial charge < -0.3 is 14.5 Å². The van der Waals surface area contributed by atoms with Crippen molar-refractivity contribution >= 4 is 11.8 Å². The number of hydrogen-bond donors (Lipinski definition) is 0. The highest BCUT2D eigenvalue weighted by Crippen LogP contribution is 2.23. The van der Waals surface area contributed by atoms with E-state index in [-0.39, 0.29) is 23.3 Å². The second kappa shape index (κ2) is 9.28. The van der Waals surface area contributed by atoms with Gasteiger partial charge in [-0.1, -0.05) is 18.2 Å². The molecule has 1 atom stereocenters. The standard InChI is InChI=1S/C24H27FN2O3/c25-22-11-2-1-10-21(22)24(29)27-14-6-7-18(16-27)17-30-20-9-5-8-19(15-20)23(28)26-12-3-4-13-26/h1-2,5,8-11,15,18H,3-4,6-7,12-14,16-17H2/t18-/m1/s1.